The summed E-state index contributed by atoms with van der Waals surface area (Å²) in [7, 11) is -3.94. The van der Waals surface area contributed by atoms with Gasteiger partial charge in [0.25, 0.3) is 10.0 Å². The van der Waals surface area contributed by atoms with E-state index >= 15 is 0 Å². The molecule has 1 aliphatic rings. The van der Waals surface area contributed by atoms with E-state index in [9.17, 15) is 17.2 Å². The van der Waals surface area contributed by atoms with Gasteiger partial charge in [-0.2, -0.15) is 8.42 Å². The Bertz CT molecular complexity index is 1550. The lowest BCUT2D eigenvalue weighted by atomic mass is 9.96. The van der Waals surface area contributed by atoms with Crippen molar-refractivity contribution in [3.05, 3.63) is 107 Å². The summed E-state index contributed by atoms with van der Waals surface area (Å²) in [5.41, 5.74) is 2.46. The number of aromatic nitrogens is 3. The fourth-order valence-corrected chi connectivity index (χ4v) is 5.91. The predicted molar refractivity (Wildman–Crippen MR) is 150 cm³/mol. The molecule has 1 aliphatic heterocycles. The summed E-state index contributed by atoms with van der Waals surface area (Å²) in [6.07, 6.45) is 7.18. The van der Waals surface area contributed by atoms with Gasteiger partial charge in [0.05, 0.1) is 22.8 Å². The molecule has 2 heterocycles. The van der Waals surface area contributed by atoms with Gasteiger partial charge in [-0.25, -0.2) is 8.78 Å². The van der Waals surface area contributed by atoms with Gasteiger partial charge in [-0.15, -0.1) is 16.6 Å². The number of halogens is 2. The summed E-state index contributed by atoms with van der Waals surface area (Å²) in [5.74, 6) is 2.22. The Hall–Kier alpha value is -4.11. The second-order valence-corrected chi connectivity index (χ2v) is 11.4. The highest BCUT2D eigenvalue weighted by Crippen LogP contribution is 2.30. The van der Waals surface area contributed by atoms with E-state index in [2.05, 4.69) is 25.9 Å². The van der Waals surface area contributed by atoms with Gasteiger partial charge in [-0.3, -0.25) is 4.90 Å². The first kappa shape index (κ1) is 28.4. The largest absolute Gasteiger partial charge is 0.481 e. The molecule has 0 amide bonds. The summed E-state index contributed by atoms with van der Waals surface area (Å²) in [5, 5.41) is 8.21. The molecule has 1 aromatic heterocycles. The summed E-state index contributed by atoms with van der Waals surface area (Å²) >= 11 is 0. The highest BCUT2D eigenvalue weighted by atomic mass is 32.2. The monoisotopic (exact) mass is 577 g/mol. The maximum absolute atomic E-state index is 13.6. The zero-order valence-corrected chi connectivity index (χ0v) is 23.1. The molecule has 1 fully saturated rings. The Kier molecular flexibility index (Phi) is 8.73. The third kappa shape index (κ3) is 6.79. The lowest BCUT2D eigenvalue weighted by Gasteiger charge is -2.39. The topological polar surface area (TPSA) is 80.6 Å². The maximum Gasteiger partial charge on any atom is 0.299 e. The molecular weight excluding hydrogens is 548 g/mol. The minimum atomic E-state index is -3.94. The van der Waals surface area contributed by atoms with E-state index < -0.39 is 10.0 Å². The number of hydrogen-bond donors (Lipinski definition) is 0. The number of piperazine rings is 1. The quantitative estimate of drug-likeness (QED) is 0.266. The molecule has 41 heavy (non-hydrogen) atoms. The maximum atomic E-state index is 13.6. The highest BCUT2D eigenvalue weighted by Gasteiger charge is 2.27. The SMILES string of the molecule is C#CCOc1ccc(S(=O)(=O)n2ncc(CCN3CCN(C(c4ccc(F)cc4)c4ccc(F)cc4)CC3)n2)cc1. The van der Waals surface area contributed by atoms with Crippen molar-refractivity contribution in [2.75, 3.05) is 39.3 Å². The second-order valence-electron chi connectivity index (χ2n) is 9.66. The number of hydrogen-bond acceptors (Lipinski definition) is 7. The van der Waals surface area contributed by atoms with Crippen LogP contribution in [-0.2, 0) is 16.4 Å². The average Bonchev–Trinajstić information content (AvgIpc) is 3.48. The first-order chi connectivity index (χ1) is 19.8. The lowest BCUT2D eigenvalue weighted by Crippen LogP contribution is -2.48. The van der Waals surface area contributed by atoms with Crippen LogP contribution in [0.3, 0.4) is 0 Å². The van der Waals surface area contributed by atoms with Crippen LogP contribution >= 0.6 is 0 Å². The minimum Gasteiger partial charge on any atom is -0.481 e. The van der Waals surface area contributed by atoms with Crippen LogP contribution in [0.4, 0.5) is 8.78 Å². The van der Waals surface area contributed by atoms with Crippen LogP contribution in [0.2, 0.25) is 0 Å². The molecule has 8 nitrogen and oxygen atoms in total. The van der Waals surface area contributed by atoms with Gasteiger partial charge in [0.15, 0.2) is 0 Å². The van der Waals surface area contributed by atoms with Crippen LogP contribution in [-0.4, -0.2) is 71.9 Å². The minimum absolute atomic E-state index is 0.0423. The number of rotatable bonds is 10. The van der Waals surface area contributed by atoms with E-state index in [1.807, 2.05) is 0 Å². The first-order valence-corrected chi connectivity index (χ1v) is 14.6. The molecule has 0 atom stereocenters. The standard InChI is InChI=1S/C30H29F2N5O3S/c1-2-21-40-28-11-13-29(14-12-28)41(38,39)37-33-22-27(34-37)15-16-35-17-19-36(20-18-35)30(23-3-7-25(31)8-4-23)24-5-9-26(32)10-6-24/h1,3-14,22,30H,15-21H2. The Balaban J connectivity index is 1.19. The zero-order valence-electron chi connectivity index (χ0n) is 22.2. The molecule has 0 aliphatic carbocycles. The molecule has 3 aromatic carbocycles. The highest BCUT2D eigenvalue weighted by molar-refractivity contribution is 7.89. The molecule has 0 spiro atoms. The van der Waals surface area contributed by atoms with Crippen LogP contribution in [0.25, 0.3) is 0 Å². The van der Waals surface area contributed by atoms with Crippen molar-refractivity contribution in [3.8, 4) is 18.1 Å². The van der Waals surface area contributed by atoms with Gasteiger partial charge < -0.3 is 9.64 Å². The zero-order chi connectivity index (χ0) is 28.8. The van der Waals surface area contributed by atoms with Gasteiger partial charge in [0.2, 0.25) is 0 Å². The van der Waals surface area contributed by atoms with Gasteiger partial charge in [0, 0.05) is 39.1 Å². The van der Waals surface area contributed by atoms with Gasteiger partial charge in [-0.1, -0.05) is 34.4 Å². The molecule has 1 saturated heterocycles. The van der Waals surface area contributed by atoms with Crippen molar-refractivity contribution in [2.45, 2.75) is 17.4 Å². The van der Waals surface area contributed by atoms with Crippen molar-refractivity contribution in [3.63, 3.8) is 0 Å². The molecule has 11 heteroatoms. The van der Waals surface area contributed by atoms with E-state index in [4.69, 9.17) is 11.2 Å². The Labute approximate surface area is 238 Å². The Morgan fingerprint density at radius 3 is 2.02 bits per heavy atom. The van der Waals surface area contributed by atoms with Crippen molar-refractivity contribution in [2.24, 2.45) is 0 Å². The lowest BCUT2D eigenvalue weighted by molar-refractivity contribution is 0.110. The normalized spacial score (nSPS) is 14.7. The molecule has 0 radical (unpaired) electrons. The van der Waals surface area contributed by atoms with Crippen molar-refractivity contribution < 1.29 is 21.9 Å². The van der Waals surface area contributed by atoms with E-state index in [0.29, 0.717) is 24.4 Å². The number of terminal acetylenes is 1. The van der Waals surface area contributed by atoms with Crippen LogP contribution in [0.15, 0.2) is 83.9 Å². The fourth-order valence-electron chi connectivity index (χ4n) is 4.86. The fraction of sp³-hybridized carbons (Fsp3) is 0.267. The molecule has 0 N–H and O–H groups in total. The van der Waals surface area contributed by atoms with Crippen LogP contribution in [0.1, 0.15) is 22.9 Å². The summed E-state index contributed by atoms with van der Waals surface area (Å²) < 4.78 is 59.2. The van der Waals surface area contributed by atoms with E-state index in [-0.39, 0.29) is 29.2 Å². The van der Waals surface area contributed by atoms with Crippen LogP contribution in [0.5, 0.6) is 5.75 Å². The molecule has 5 rings (SSSR count). The second kappa shape index (κ2) is 12.6. The smallest absolute Gasteiger partial charge is 0.299 e. The van der Waals surface area contributed by atoms with E-state index in [1.54, 1.807) is 24.3 Å². The molecular formula is C30H29F2N5O3S. The third-order valence-corrected chi connectivity index (χ3v) is 8.48. The average molecular weight is 578 g/mol. The summed E-state index contributed by atoms with van der Waals surface area (Å²) in [6, 6.07) is 18.7. The third-order valence-electron chi connectivity index (χ3n) is 7.01. The van der Waals surface area contributed by atoms with Crippen LogP contribution in [0, 0.1) is 24.0 Å². The van der Waals surface area contributed by atoms with Crippen LogP contribution < -0.4 is 4.74 Å². The molecule has 4 aromatic rings. The van der Waals surface area contributed by atoms with Crippen molar-refractivity contribution in [1.82, 2.24) is 24.2 Å². The summed E-state index contributed by atoms with van der Waals surface area (Å²) in [6.45, 7) is 3.84. The number of ether oxygens (including phenoxy) is 1. The predicted octanol–water partition coefficient (Wildman–Crippen LogP) is 3.76. The van der Waals surface area contributed by atoms with E-state index in [0.717, 1.165) is 41.5 Å². The van der Waals surface area contributed by atoms with Gasteiger partial charge >= 0.3 is 0 Å². The van der Waals surface area contributed by atoms with E-state index in [1.165, 1.54) is 54.7 Å². The Morgan fingerprint density at radius 2 is 1.46 bits per heavy atom. The van der Waals surface area contributed by atoms with Gasteiger partial charge in [0.1, 0.15) is 24.0 Å². The molecule has 0 bridgehead atoms. The van der Waals surface area contributed by atoms with Crippen molar-refractivity contribution in [1.29, 1.82) is 0 Å². The molecule has 0 saturated carbocycles. The van der Waals surface area contributed by atoms with Gasteiger partial charge in [-0.05, 0) is 59.7 Å². The molecule has 0 unspecified atom stereocenters. The number of nitrogens with zero attached hydrogens (tertiary/aromatic N) is 5. The van der Waals surface area contributed by atoms with Crippen molar-refractivity contribution >= 4 is 10.0 Å². The first-order valence-electron chi connectivity index (χ1n) is 13.1. The Morgan fingerprint density at radius 1 is 0.878 bits per heavy atom. The number of benzene rings is 3. The summed E-state index contributed by atoms with van der Waals surface area (Å²) in [4.78, 5) is 4.63. The molecule has 212 valence electrons.